The van der Waals surface area contributed by atoms with Gasteiger partial charge >= 0.3 is 0 Å². The summed E-state index contributed by atoms with van der Waals surface area (Å²) in [5, 5.41) is 4.94. The monoisotopic (exact) mass is 434 g/mol. The summed E-state index contributed by atoms with van der Waals surface area (Å²) in [4.78, 5) is 33.8. The van der Waals surface area contributed by atoms with Crippen molar-refractivity contribution in [1.29, 1.82) is 0 Å². The molecule has 2 aromatic heterocycles. The molecule has 2 N–H and O–H groups in total. The van der Waals surface area contributed by atoms with Crippen molar-refractivity contribution in [2.45, 2.75) is 12.1 Å². The number of amides is 1. The molecule has 0 aliphatic heterocycles. The van der Waals surface area contributed by atoms with E-state index in [-0.39, 0.29) is 17.2 Å². The van der Waals surface area contributed by atoms with E-state index in [0.717, 1.165) is 21.6 Å². The van der Waals surface area contributed by atoms with Gasteiger partial charge in [-0.05, 0) is 18.1 Å². The summed E-state index contributed by atoms with van der Waals surface area (Å²) >= 11 is 2.65. The molecule has 4 rings (SSSR count). The fourth-order valence-electron chi connectivity index (χ4n) is 3.00. The van der Waals surface area contributed by atoms with Crippen molar-refractivity contribution in [3.05, 3.63) is 81.5 Å². The summed E-state index contributed by atoms with van der Waals surface area (Å²) in [5.41, 5.74) is 5.07. The Morgan fingerprint density at radius 1 is 1.17 bits per heavy atom. The van der Waals surface area contributed by atoms with Crippen LogP contribution in [0.25, 0.3) is 21.3 Å². The van der Waals surface area contributed by atoms with Crippen LogP contribution in [0, 0.1) is 6.92 Å². The van der Waals surface area contributed by atoms with Crippen molar-refractivity contribution in [3.63, 3.8) is 0 Å². The van der Waals surface area contributed by atoms with E-state index >= 15 is 0 Å². The second-order valence-electron chi connectivity index (χ2n) is 6.44. The summed E-state index contributed by atoms with van der Waals surface area (Å²) in [7, 11) is 0. The maximum absolute atomic E-state index is 12.8. The average molecular weight is 435 g/mol. The van der Waals surface area contributed by atoms with Crippen molar-refractivity contribution in [3.8, 4) is 11.1 Å². The standard InChI is InChI=1S/C22H18N4O2S2/c1-14-18(16-10-6-3-7-11-16)19-20(28)24-22(25-21(19)30-14)29-13-17(27)26-23-12-15-8-4-2-5-9-15/h2-12H,13H2,1H3,(H,26,27)(H,24,25,28)/b23-12+. The smallest absolute Gasteiger partial charge is 0.260 e. The lowest BCUT2D eigenvalue weighted by atomic mass is 10.0. The number of carbonyl (C=O) groups is 1. The van der Waals surface area contributed by atoms with Crippen LogP contribution >= 0.6 is 23.1 Å². The van der Waals surface area contributed by atoms with Gasteiger partial charge in [0.2, 0.25) is 0 Å². The largest absolute Gasteiger partial charge is 0.301 e. The first kappa shape index (κ1) is 20.1. The SMILES string of the molecule is Cc1sc2nc(SCC(=O)N/N=C/c3ccccc3)[nH]c(=O)c2c1-c1ccccc1. The molecular formula is C22H18N4O2S2. The lowest BCUT2D eigenvalue weighted by Gasteiger charge is -2.03. The number of hydrogen-bond acceptors (Lipinski definition) is 6. The summed E-state index contributed by atoms with van der Waals surface area (Å²) in [6, 6.07) is 19.3. The summed E-state index contributed by atoms with van der Waals surface area (Å²) in [6.07, 6.45) is 1.58. The first-order valence-corrected chi connectivity index (χ1v) is 11.0. The van der Waals surface area contributed by atoms with E-state index in [1.807, 2.05) is 67.6 Å². The van der Waals surface area contributed by atoms with Gasteiger partial charge in [-0.1, -0.05) is 72.4 Å². The van der Waals surface area contributed by atoms with Crippen LogP contribution < -0.4 is 11.0 Å². The Hall–Kier alpha value is -3.23. The highest BCUT2D eigenvalue weighted by Crippen LogP contribution is 2.35. The Balaban J connectivity index is 1.47. The zero-order valence-electron chi connectivity index (χ0n) is 16.1. The Kier molecular flexibility index (Phi) is 6.06. The van der Waals surface area contributed by atoms with E-state index in [1.54, 1.807) is 6.21 Å². The van der Waals surface area contributed by atoms with Crippen LogP contribution in [-0.2, 0) is 4.79 Å². The maximum Gasteiger partial charge on any atom is 0.260 e. The molecule has 0 radical (unpaired) electrons. The number of nitrogens with one attached hydrogen (secondary N) is 2. The maximum atomic E-state index is 12.8. The molecular weight excluding hydrogens is 416 g/mol. The summed E-state index contributed by atoms with van der Waals surface area (Å²) in [5.74, 6) is -0.182. The van der Waals surface area contributed by atoms with E-state index in [1.165, 1.54) is 23.1 Å². The summed E-state index contributed by atoms with van der Waals surface area (Å²) < 4.78 is 0. The molecule has 0 bridgehead atoms. The molecule has 6 nitrogen and oxygen atoms in total. The lowest BCUT2D eigenvalue weighted by Crippen LogP contribution is -2.20. The Bertz CT molecular complexity index is 1270. The second kappa shape index (κ2) is 9.06. The van der Waals surface area contributed by atoms with Crippen LogP contribution in [0.15, 0.2) is 75.7 Å². The van der Waals surface area contributed by atoms with Crippen molar-refractivity contribution in [2.24, 2.45) is 5.10 Å². The highest BCUT2D eigenvalue weighted by molar-refractivity contribution is 7.99. The number of rotatable bonds is 6. The zero-order valence-corrected chi connectivity index (χ0v) is 17.7. The van der Waals surface area contributed by atoms with Gasteiger partial charge in [0.05, 0.1) is 17.4 Å². The molecule has 0 saturated heterocycles. The van der Waals surface area contributed by atoms with Crippen LogP contribution in [0.2, 0.25) is 0 Å². The normalized spacial score (nSPS) is 11.2. The molecule has 0 saturated carbocycles. The minimum absolute atomic E-state index is 0.0937. The Labute approximate surface area is 181 Å². The number of hydrazone groups is 1. The van der Waals surface area contributed by atoms with Crippen molar-refractivity contribution in [2.75, 3.05) is 5.75 Å². The fourth-order valence-corrected chi connectivity index (χ4v) is 4.76. The molecule has 30 heavy (non-hydrogen) atoms. The molecule has 150 valence electrons. The van der Waals surface area contributed by atoms with E-state index in [0.29, 0.717) is 15.4 Å². The van der Waals surface area contributed by atoms with Crippen molar-refractivity contribution in [1.82, 2.24) is 15.4 Å². The predicted molar refractivity (Wildman–Crippen MR) is 123 cm³/mol. The number of aromatic amines is 1. The third-order valence-corrected chi connectivity index (χ3v) is 6.19. The lowest BCUT2D eigenvalue weighted by molar-refractivity contribution is -0.118. The molecule has 0 unspecified atom stereocenters. The molecule has 4 aromatic rings. The van der Waals surface area contributed by atoms with Gasteiger partial charge in [0.15, 0.2) is 5.16 Å². The van der Waals surface area contributed by atoms with Crippen molar-refractivity contribution < 1.29 is 4.79 Å². The molecule has 2 aromatic carbocycles. The van der Waals surface area contributed by atoms with Crippen LogP contribution in [0.5, 0.6) is 0 Å². The number of nitrogens with zero attached hydrogens (tertiary/aromatic N) is 2. The molecule has 0 aliphatic carbocycles. The van der Waals surface area contributed by atoms with Gasteiger partial charge in [-0.3, -0.25) is 9.59 Å². The first-order chi connectivity index (χ1) is 14.6. The van der Waals surface area contributed by atoms with Gasteiger partial charge in [-0.15, -0.1) is 11.3 Å². The topological polar surface area (TPSA) is 87.2 Å². The van der Waals surface area contributed by atoms with Gasteiger partial charge < -0.3 is 4.98 Å². The predicted octanol–water partition coefficient (Wildman–Crippen LogP) is 4.20. The number of H-pyrrole nitrogens is 1. The average Bonchev–Trinajstić information content (AvgIpc) is 3.10. The zero-order chi connectivity index (χ0) is 20.9. The third-order valence-electron chi connectivity index (χ3n) is 4.32. The Morgan fingerprint density at radius 2 is 1.87 bits per heavy atom. The van der Waals surface area contributed by atoms with Crippen molar-refractivity contribution >= 4 is 45.4 Å². The number of aromatic nitrogens is 2. The molecule has 8 heteroatoms. The Morgan fingerprint density at radius 3 is 2.60 bits per heavy atom. The van der Waals surface area contributed by atoms with Crippen LogP contribution in [0.1, 0.15) is 10.4 Å². The van der Waals surface area contributed by atoms with E-state index in [4.69, 9.17) is 0 Å². The fraction of sp³-hybridized carbons (Fsp3) is 0.0909. The minimum Gasteiger partial charge on any atom is -0.301 e. The van der Waals surface area contributed by atoms with Crippen LogP contribution in [-0.4, -0.2) is 27.8 Å². The number of hydrogen-bond donors (Lipinski definition) is 2. The number of thioether (sulfide) groups is 1. The van der Waals surface area contributed by atoms with Crippen LogP contribution in [0.3, 0.4) is 0 Å². The van der Waals surface area contributed by atoms with E-state index < -0.39 is 0 Å². The van der Waals surface area contributed by atoms with Gasteiger partial charge in [0.1, 0.15) is 4.83 Å². The molecule has 2 heterocycles. The van der Waals surface area contributed by atoms with E-state index in [9.17, 15) is 9.59 Å². The van der Waals surface area contributed by atoms with Gasteiger partial charge in [0, 0.05) is 10.4 Å². The quantitative estimate of drug-likeness (QED) is 0.206. The van der Waals surface area contributed by atoms with Gasteiger partial charge in [-0.2, -0.15) is 5.10 Å². The molecule has 0 atom stereocenters. The van der Waals surface area contributed by atoms with Gasteiger partial charge in [-0.25, -0.2) is 10.4 Å². The number of fused-ring (bicyclic) bond motifs is 1. The molecule has 0 spiro atoms. The molecule has 1 amide bonds. The number of thiophene rings is 1. The number of benzene rings is 2. The van der Waals surface area contributed by atoms with E-state index in [2.05, 4.69) is 20.5 Å². The van der Waals surface area contributed by atoms with Gasteiger partial charge in [0.25, 0.3) is 11.5 Å². The minimum atomic E-state index is -0.276. The highest BCUT2D eigenvalue weighted by atomic mass is 32.2. The molecule has 0 aliphatic rings. The third kappa shape index (κ3) is 4.50. The number of carbonyl (C=O) groups excluding carboxylic acids is 1. The second-order valence-corrected chi connectivity index (χ2v) is 8.61. The molecule has 0 fully saturated rings. The first-order valence-electron chi connectivity index (χ1n) is 9.20. The number of aryl methyl sites for hydroxylation is 1. The van der Waals surface area contributed by atoms with Crippen LogP contribution in [0.4, 0.5) is 0 Å². The summed E-state index contributed by atoms with van der Waals surface area (Å²) in [6.45, 7) is 1.99. The highest BCUT2D eigenvalue weighted by Gasteiger charge is 2.17.